The van der Waals surface area contributed by atoms with Crippen molar-refractivity contribution in [1.82, 2.24) is 9.80 Å². The Balaban J connectivity index is 2.04. The van der Waals surface area contributed by atoms with Gasteiger partial charge in [-0.1, -0.05) is 0 Å². The van der Waals surface area contributed by atoms with Crippen LogP contribution in [0.4, 0.5) is 0 Å². The van der Waals surface area contributed by atoms with Gasteiger partial charge in [0.05, 0.1) is 6.10 Å². The summed E-state index contributed by atoms with van der Waals surface area (Å²) in [6.07, 6.45) is 6.39. The van der Waals surface area contributed by atoms with Crippen LogP contribution in [0.2, 0.25) is 0 Å². The molecule has 0 spiro atoms. The predicted molar refractivity (Wildman–Crippen MR) is 87.8 cm³/mol. The zero-order valence-corrected chi connectivity index (χ0v) is 15.4. The minimum Gasteiger partial charge on any atom is -0.381 e. The molecule has 0 saturated heterocycles. The predicted octanol–water partition coefficient (Wildman–Crippen LogP) is 2.04. The Labute approximate surface area is 138 Å². The summed E-state index contributed by atoms with van der Waals surface area (Å²) in [7, 11) is 3.12. The summed E-state index contributed by atoms with van der Waals surface area (Å²) in [6.45, 7) is 1.06. The lowest BCUT2D eigenvalue weighted by Crippen LogP contribution is -2.40. The quantitative estimate of drug-likeness (QED) is 0.673. The third kappa shape index (κ3) is 5.02. The molecule has 1 N–H and O–H groups in total. The lowest BCUT2D eigenvalue weighted by Gasteiger charge is -2.37. The number of ether oxygens (including phenoxy) is 1. The zero-order valence-electron chi connectivity index (χ0n) is 14.5. The average molecular weight is 348 g/mol. The normalized spacial score (nSPS) is 30.3. The first kappa shape index (κ1) is 18.9. The summed E-state index contributed by atoms with van der Waals surface area (Å²) in [5.41, 5.74) is 1.37. The second kappa shape index (κ2) is 8.10. The van der Waals surface area contributed by atoms with Crippen molar-refractivity contribution in [3.8, 4) is 0 Å². The summed E-state index contributed by atoms with van der Waals surface area (Å²) in [4.78, 5) is 13.6. The van der Waals surface area contributed by atoms with Crippen LogP contribution >= 0.6 is 7.82 Å². The van der Waals surface area contributed by atoms with E-state index in [0.29, 0.717) is 18.1 Å². The molecule has 134 valence electrons. The highest BCUT2D eigenvalue weighted by Crippen LogP contribution is 2.45. The topological polar surface area (TPSA) is 71.5 Å². The van der Waals surface area contributed by atoms with Gasteiger partial charge in [0.2, 0.25) is 0 Å². The first-order valence-electron chi connectivity index (χ1n) is 8.03. The van der Waals surface area contributed by atoms with E-state index in [2.05, 4.69) is 29.7 Å². The molecule has 1 fully saturated rings. The van der Waals surface area contributed by atoms with Gasteiger partial charge in [0, 0.05) is 38.9 Å². The highest BCUT2D eigenvalue weighted by atomic mass is 31.2. The van der Waals surface area contributed by atoms with E-state index in [-0.39, 0.29) is 6.73 Å². The summed E-state index contributed by atoms with van der Waals surface area (Å²) in [5.74, 6) is 0.429. The van der Waals surface area contributed by atoms with Crippen molar-refractivity contribution in [1.29, 1.82) is 0 Å². The lowest BCUT2D eigenvalue weighted by atomic mass is 9.79. The molecule has 0 aromatic heterocycles. The molecule has 0 bridgehead atoms. The number of methoxy groups -OCH3 is 1. The molecule has 1 saturated carbocycles. The molecule has 0 radical (unpaired) electrons. The Morgan fingerprint density at radius 1 is 1.39 bits per heavy atom. The summed E-state index contributed by atoms with van der Waals surface area (Å²) in [5, 5.41) is 0. The van der Waals surface area contributed by atoms with Gasteiger partial charge in [-0.3, -0.25) is 9.05 Å². The lowest BCUT2D eigenvalue weighted by molar-refractivity contribution is 0.0161. The van der Waals surface area contributed by atoms with E-state index in [4.69, 9.17) is 9.26 Å². The van der Waals surface area contributed by atoms with E-state index in [9.17, 15) is 9.46 Å². The van der Waals surface area contributed by atoms with E-state index in [1.165, 1.54) is 12.7 Å². The molecule has 4 unspecified atom stereocenters. The summed E-state index contributed by atoms with van der Waals surface area (Å²) < 4.78 is 26.6. The van der Waals surface area contributed by atoms with Gasteiger partial charge in [-0.15, -0.1) is 0 Å². The SMILES string of the molecule is COC1CCC2C(C1)C(CCN(C)C)=CN2COP(=O)(O)OC. The van der Waals surface area contributed by atoms with Crippen molar-refractivity contribution in [3.05, 3.63) is 11.8 Å². The number of nitrogens with zero attached hydrogens (tertiary/aromatic N) is 2. The summed E-state index contributed by atoms with van der Waals surface area (Å²) >= 11 is 0. The Kier molecular flexibility index (Phi) is 6.66. The monoisotopic (exact) mass is 348 g/mol. The number of rotatable bonds is 8. The number of hydrogen-bond acceptors (Lipinski definition) is 6. The van der Waals surface area contributed by atoms with E-state index in [1.807, 2.05) is 4.90 Å². The van der Waals surface area contributed by atoms with E-state index in [0.717, 1.165) is 32.2 Å². The molecule has 2 aliphatic rings. The van der Waals surface area contributed by atoms with E-state index in [1.54, 1.807) is 7.11 Å². The third-order valence-corrected chi connectivity index (χ3v) is 5.68. The molecule has 0 aromatic carbocycles. The molecule has 4 atom stereocenters. The van der Waals surface area contributed by atoms with Crippen LogP contribution in [0.25, 0.3) is 0 Å². The number of fused-ring (bicyclic) bond motifs is 1. The van der Waals surface area contributed by atoms with Crippen molar-refractivity contribution in [2.24, 2.45) is 5.92 Å². The van der Waals surface area contributed by atoms with Gasteiger partial charge in [-0.2, -0.15) is 0 Å². The third-order valence-electron chi connectivity index (χ3n) is 4.78. The fourth-order valence-electron chi connectivity index (χ4n) is 3.46. The van der Waals surface area contributed by atoms with Gasteiger partial charge in [0.1, 0.15) is 6.73 Å². The van der Waals surface area contributed by atoms with Gasteiger partial charge in [0.15, 0.2) is 0 Å². The minimum absolute atomic E-state index is 0.0753. The molecule has 0 aromatic rings. The first-order chi connectivity index (χ1) is 10.9. The van der Waals surface area contributed by atoms with Crippen molar-refractivity contribution >= 4 is 7.82 Å². The zero-order chi connectivity index (χ0) is 17.0. The van der Waals surface area contributed by atoms with Crippen LogP contribution in [-0.2, 0) is 18.3 Å². The van der Waals surface area contributed by atoms with Crippen LogP contribution in [0.1, 0.15) is 25.7 Å². The van der Waals surface area contributed by atoms with Crippen LogP contribution in [0.3, 0.4) is 0 Å². The number of phosphoric acid groups is 1. The molecule has 1 aliphatic heterocycles. The van der Waals surface area contributed by atoms with Gasteiger partial charge >= 0.3 is 7.82 Å². The van der Waals surface area contributed by atoms with Gasteiger partial charge < -0.3 is 19.4 Å². The molecule has 1 aliphatic carbocycles. The first-order valence-corrected chi connectivity index (χ1v) is 9.52. The number of phosphoric ester groups is 1. The van der Waals surface area contributed by atoms with Gasteiger partial charge in [-0.25, -0.2) is 4.57 Å². The van der Waals surface area contributed by atoms with Crippen LogP contribution in [0.15, 0.2) is 11.8 Å². The molecule has 2 rings (SSSR count). The fraction of sp³-hybridized carbons (Fsp3) is 0.867. The molecule has 23 heavy (non-hydrogen) atoms. The molecule has 1 heterocycles. The van der Waals surface area contributed by atoms with E-state index >= 15 is 0 Å². The summed E-state index contributed by atoms with van der Waals surface area (Å²) in [6, 6.07) is 0.315. The maximum Gasteiger partial charge on any atom is 0.473 e. The fourth-order valence-corrected chi connectivity index (χ4v) is 3.84. The maximum absolute atomic E-state index is 11.5. The van der Waals surface area contributed by atoms with Crippen LogP contribution < -0.4 is 0 Å². The van der Waals surface area contributed by atoms with Crippen molar-refractivity contribution in [3.63, 3.8) is 0 Å². The second-order valence-electron chi connectivity index (χ2n) is 6.53. The molecular weight excluding hydrogens is 319 g/mol. The van der Waals surface area contributed by atoms with Crippen LogP contribution in [0, 0.1) is 5.92 Å². The Morgan fingerprint density at radius 3 is 2.74 bits per heavy atom. The second-order valence-corrected chi connectivity index (χ2v) is 8.09. The van der Waals surface area contributed by atoms with Gasteiger partial charge in [0.25, 0.3) is 0 Å². The highest BCUT2D eigenvalue weighted by Gasteiger charge is 2.40. The molecule has 8 heteroatoms. The van der Waals surface area contributed by atoms with Crippen LogP contribution in [0.5, 0.6) is 0 Å². The number of hydrogen-bond donors (Lipinski definition) is 1. The smallest absolute Gasteiger partial charge is 0.381 e. The molecule has 0 amide bonds. The molecular formula is C15H29N2O5P. The Morgan fingerprint density at radius 2 is 2.13 bits per heavy atom. The van der Waals surface area contributed by atoms with Gasteiger partial charge in [-0.05, 0) is 45.4 Å². The maximum atomic E-state index is 11.5. The van der Waals surface area contributed by atoms with Crippen molar-refractivity contribution in [2.45, 2.75) is 37.8 Å². The largest absolute Gasteiger partial charge is 0.473 e. The minimum atomic E-state index is -3.95. The van der Waals surface area contributed by atoms with Crippen LogP contribution in [-0.4, -0.2) is 68.4 Å². The Hall–Kier alpha value is -0.430. The van der Waals surface area contributed by atoms with Crippen molar-refractivity contribution < 1.29 is 23.2 Å². The standard InChI is InChI=1S/C15H29N2O5P/c1-16(2)8-7-12-10-17(11-22-23(18,19)21-4)15-6-5-13(20-3)9-14(12)15/h10,13-15H,5-9,11H2,1-4H3,(H,18,19). The molecule has 7 nitrogen and oxygen atoms in total. The van der Waals surface area contributed by atoms with Crippen molar-refractivity contribution in [2.75, 3.05) is 41.6 Å². The highest BCUT2D eigenvalue weighted by molar-refractivity contribution is 7.47. The van der Waals surface area contributed by atoms with E-state index < -0.39 is 7.82 Å². The Bertz CT molecular complexity index is 471. The average Bonchev–Trinajstić information content (AvgIpc) is 2.88.